The molecule has 8 nitrogen and oxygen atoms in total. The van der Waals surface area contributed by atoms with Gasteiger partial charge in [-0.1, -0.05) is 29.8 Å². The predicted octanol–water partition coefficient (Wildman–Crippen LogP) is 5.70. The Hall–Kier alpha value is -3.82. The van der Waals surface area contributed by atoms with Gasteiger partial charge in [-0.05, 0) is 72.7 Å². The number of ether oxygens (including phenoxy) is 2. The molecular formula is C28H27ClFN5O3. The van der Waals surface area contributed by atoms with Gasteiger partial charge in [0.05, 0.1) is 6.61 Å². The average molecular weight is 536 g/mol. The average Bonchev–Trinajstić information content (AvgIpc) is 3.40. The molecule has 1 aliphatic rings. The number of hydrogen-bond acceptors (Lipinski definition) is 6. The molecule has 1 aliphatic heterocycles. The van der Waals surface area contributed by atoms with Gasteiger partial charge in [0.1, 0.15) is 23.2 Å². The van der Waals surface area contributed by atoms with Gasteiger partial charge in [-0.25, -0.2) is 14.4 Å². The molecule has 2 N–H and O–H groups in total. The molecule has 0 radical (unpaired) electrons. The van der Waals surface area contributed by atoms with E-state index < -0.39 is 5.91 Å². The molecule has 10 heteroatoms. The summed E-state index contributed by atoms with van der Waals surface area (Å²) >= 11 is 6.49. The molecule has 0 spiro atoms. The largest absolute Gasteiger partial charge is 0.494 e. The van der Waals surface area contributed by atoms with Crippen LogP contribution in [0.25, 0.3) is 11.1 Å². The maximum Gasteiger partial charge on any atom is 0.296 e. The van der Waals surface area contributed by atoms with E-state index >= 15 is 0 Å². The van der Waals surface area contributed by atoms with Crippen molar-refractivity contribution in [1.82, 2.24) is 20.2 Å². The highest BCUT2D eigenvalue weighted by Crippen LogP contribution is 2.32. The Morgan fingerprint density at radius 3 is 2.84 bits per heavy atom. The molecule has 4 aromatic rings. The van der Waals surface area contributed by atoms with Crippen LogP contribution in [0, 0.1) is 11.7 Å². The lowest BCUT2D eigenvalue weighted by Gasteiger charge is -2.21. The number of nitrogens with one attached hydrogen (secondary N) is 2. The SMILES string of the molecule is O=C(Nc1cc(-c2cc(OCCC3CCOCC3)ccc2Cl)ccn1)c1n[nH]c(Cc2ccccc2F)n1. The summed E-state index contributed by atoms with van der Waals surface area (Å²) in [5, 5.41) is 9.91. The third-order valence-electron chi connectivity index (χ3n) is 6.44. The first-order valence-electron chi connectivity index (χ1n) is 12.5. The van der Waals surface area contributed by atoms with Crippen LogP contribution in [0.3, 0.4) is 0 Å². The Balaban J connectivity index is 1.23. The van der Waals surface area contributed by atoms with Crippen molar-refractivity contribution in [2.24, 2.45) is 5.92 Å². The summed E-state index contributed by atoms with van der Waals surface area (Å²) in [5.74, 6) is 1.09. The second kappa shape index (κ2) is 12.1. The minimum atomic E-state index is -0.540. The van der Waals surface area contributed by atoms with E-state index in [1.807, 2.05) is 18.2 Å². The van der Waals surface area contributed by atoms with Crippen LogP contribution in [0.4, 0.5) is 10.2 Å². The van der Waals surface area contributed by atoms with Crippen molar-refractivity contribution in [3.8, 4) is 16.9 Å². The Bertz CT molecular complexity index is 1410. The maximum absolute atomic E-state index is 13.9. The number of carbonyl (C=O) groups is 1. The number of hydrogen-bond donors (Lipinski definition) is 2. The fourth-order valence-electron chi connectivity index (χ4n) is 4.33. The topological polar surface area (TPSA) is 102 Å². The Labute approximate surface area is 224 Å². The molecule has 38 heavy (non-hydrogen) atoms. The fraction of sp³-hybridized carbons (Fsp3) is 0.286. The third-order valence-corrected chi connectivity index (χ3v) is 6.77. The summed E-state index contributed by atoms with van der Waals surface area (Å²) < 4.78 is 25.3. The number of pyridine rings is 1. The van der Waals surface area contributed by atoms with E-state index in [-0.39, 0.29) is 18.1 Å². The highest BCUT2D eigenvalue weighted by molar-refractivity contribution is 6.33. The molecule has 0 bridgehead atoms. The molecule has 5 rings (SSSR count). The van der Waals surface area contributed by atoms with Gasteiger partial charge in [0.15, 0.2) is 0 Å². The van der Waals surface area contributed by atoms with E-state index in [2.05, 4.69) is 25.5 Å². The van der Waals surface area contributed by atoms with E-state index in [9.17, 15) is 9.18 Å². The number of rotatable bonds is 9. The number of carbonyl (C=O) groups excluding carboxylic acids is 1. The summed E-state index contributed by atoms with van der Waals surface area (Å²) in [5.41, 5.74) is 1.99. The number of halogens is 2. The van der Waals surface area contributed by atoms with Crippen LogP contribution in [0.15, 0.2) is 60.8 Å². The molecule has 1 amide bonds. The second-order valence-corrected chi connectivity index (χ2v) is 9.50. The van der Waals surface area contributed by atoms with Crippen LogP contribution in [-0.2, 0) is 11.2 Å². The van der Waals surface area contributed by atoms with E-state index in [1.54, 1.807) is 36.5 Å². The van der Waals surface area contributed by atoms with Gasteiger partial charge < -0.3 is 14.8 Å². The number of benzene rings is 2. The zero-order chi connectivity index (χ0) is 26.3. The quantitative estimate of drug-likeness (QED) is 0.285. The second-order valence-electron chi connectivity index (χ2n) is 9.09. The summed E-state index contributed by atoms with van der Waals surface area (Å²) in [7, 11) is 0. The van der Waals surface area contributed by atoms with Crippen LogP contribution < -0.4 is 10.1 Å². The van der Waals surface area contributed by atoms with E-state index in [0.29, 0.717) is 34.8 Å². The molecule has 2 aromatic carbocycles. The van der Waals surface area contributed by atoms with E-state index in [4.69, 9.17) is 21.1 Å². The van der Waals surface area contributed by atoms with Gasteiger partial charge in [-0.2, -0.15) is 0 Å². The zero-order valence-electron chi connectivity index (χ0n) is 20.6. The highest BCUT2D eigenvalue weighted by Gasteiger charge is 2.16. The fourth-order valence-corrected chi connectivity index (χ4v) is 4.56. The molecule has 196 valence electrons. The van der Waals surface area contributed by atoms with E-state index in [1.165, 1.54) is 6.07 Å². The molecular weight excluding hydrogens is 509 g/mol. The molecule has 2 aromatic heterocycles. The van der Waals surface area contributed by atoms with Crippen molar-refractivity contribution in [3.05, 3.63) is 88.8 Å². The van der Waals surface area contributed by atoms with Crippen LogP contribution in [0.1, 0.15) is 41.3 Å². The van der Waals surface area contributed by atoms with Gasteiger partial charge in [0, 0.05) is 36.4 Å². The first-order chi connectivity index (χ1) is 18.5. The number of aromatic nitrogens is 4. The summed E-state index contributed by atoms with van der Waals surface area (Å²) in [6, 6.07) is 15.4. The molecule has 1 saturated heterocycles. The summed E-state index contributed by atoms with van der Waals surface area (Å²) in [4.78, 5) is 21.2. The molecule has 0 atom stereocenters. The van der Waals surface area contributed by atoms with Crippen molar-refractivity contribution in [2.45, 2.75) is 25.7 Å². The minimum absolute atomic E-state index is 0.0681. The van der Waals surface area contributed by atoms with Gasteiger partial charge in [-0.15, -0.1) is 5.10 Å². The number of aromatic amines is 1. The normalized spacial score (nSPS) is 13.8. The Morgan fingerprint density at radius 1 is 1.16 bits per heavy atom. The van der Waals surface area contributed by atoms with Crippen LogP contribution >= 0.6 is 11.6 Å². The summed E-state index contributed by atoms with van der Waals surface area (Å²) in [6.45, 7) is 2.27. The van der Waals surface area contributed by atoms with Crippen LogP contribution in [0.5, 0.6) is 5.75 Å². The van der Waals surface area contributed by atoms with Gasteiger partial charge in [0.2, 0.25) is 5.82 Å². The Kier molecular flexibility index (Phi) is 8.25. The van der Waals surface area contributed by atoms with Crippen molar-refractivity contribution < 1.29 is 18.7 Å². The lowest BCUT2D eigenvalue weighted by molar-refractivity contribution is 0.0593. The lowest BCUT2D eigenvalue weighted by Crippen LogP contribution is -2.17. The third kappa shape index (κ3) is 6.54. The van der Waals surface area contributed by atoms with Crippen LogP contribution in [-0.4, -0.2) is 45.9 Å². The highest BCUT2D eigenvalue weighted by atomic mass is 35.5. The maximum atomic E-state index is 13.9. The molecule has 0 saturated carbocycles. The number of anilines is 1. The van der Waals surface area contributed by atoms with Crippen molar-refractivity contribution in [2.75, 3.05) is 25.1 Å². The van der Waals surface area contributed by atoms with Gasteiger partial charge in [-0.3, -0.25) is 9.89 Å². The molecule has 3 heterocycles. The minimum Gasteiger partial charge on any atom is -0.494 e. The van der Waals surface area contributed by atoms with Crippen LogP contribution in [0.2, 0.25) is 5.02 Å². The number of H-pyrrole nitrogens is 1. The smallest absolute Gasteiger partial charge is 0.296 e. The van der Waals surface area contributed by atoms with Crippen molar-refractivity contribution >= 4 is 23.3 Å². The van der Waals surface area contributed by atoms with Gasteiger partial charge in [0.25, 0.3) is 5.91 Å². The predicted molar refractivity (Wildman–Crippen MR) is 142 cm³/mol. The molecule has 0 unspecified atom stereocenters. The summed E-state index contributed by atoms with van der Waals surface area (Å²) in [6.07, 6.45) is 4.90. The first kappa shape index (κ1) is 25.8. The number of amides is 1. The van der Waals surface area contributed by atoms with E-state index in [0.717, 1.165) is 49.4 Å². The molecule has 0 aliphatic carbocycles. The first-order valence-corrected chi connectivity index (χ1v) is 12.9. The van der Waals surface area contributed by atoms with Crippen molar-refractivity contribution in [3.63, 3.8) is 0 Å². The molecule has 1 fully saturated rings. The Morgan fingerprint density at radius 2 is 2.00 bits per heavy atom. The van der Waals surface area contributed by atoms with Crippen molar-refractivity contribution in [1.29, 1.82) is 0 Å². The monoisotopic (exact) mass is 535 g/mol. The standard InChI is InChI=1S/C28H27ClFN5O3/c29-23-6-5-21(38-14-10-18-8-12-37-13-9-18)17-22(23)19-7-11-31-25(15-19)33-28(36)27-32-26(34-35-27)16-20-3-1-2-4-24(20)30/h1-7,11,15,17-18H,8-10,12-14,16H2,(H,31,33,36)(H,32,34,35). The van der Waals surface area contributed by atoms with Gasteiger partial charge >= 0.3 is 0 Å². The zero-order valence-corrected chi connectivity index (χ0v) is 21.4. The lowest BCUT2D eigenvalue weighted by atomic mass is 9.97. The number of nitrogens with zero attached hydrogens (tertiary/aromatic N) is 3.